The number of carbonyl (C=O) groups excluding carboxylic acids is 1. The van der Waals surface area contributed by atoms with E-state index in [0.717, 1.165) is 46.5 Å². The second-order valence-electron chi connectivity index (χ2n) is 9.18. The van der Waals surface area contributed by atoms with Gasteiger partial charge in [0.15, 0.2) is 0 Å². The third-order valence-electron chi connectivity index (χ3n) is 6.69. The molecule has 1 aliphatic heterocycles. The number of ether oxygens (including phenoxy) is 1. The molecule has 0 unspecified atom stereocenters. The van der Waals surface area contributed by atoms with Crippen LogP contribution in [-0.2, 0) is 22.4 Å². The summed E-state index contributed by atoms with van der Waals surface area (Å²) in [7, 11) is 0. The van der Waals surface area contributed by atoms with Crippen molar-refractivity contribution in [3.8, 4) is 0 Å². The molecule has 1 fully saturated rings. The number of carbonyl (C=O) groups is 1. The van der Waals surface area contributed by atoms with Crippen LogP contribution in [0.15, 0.2) is 30.9 Å². The van der Waals surface area contributed by atoms with Gasteiger partial charge in [0.25, 0.3) is 0 Å². The number of halogens is 1. The number of rotatable bonds is 3. The summed E-state index contributed by atoms with van der Waals surface area (Å²) in [4.78, 5) is 26.6. The van der Waals surface area contributed by atoms with Gasteiger partial charge in [-0.05, 0) is 50.8 Å². The summed E-state index contributed by atoms with van der Waals surface area (Å²) < 4.78 is 7.55. The molecular weight excluding hydrogens is 472 g/mol. The first-order chi connectivity index (χ1) is 16.5. The maximum absolute atomic E-state index is 13.3. The lowest BCUT2D eigenvalue weighted by Gasteiger charge is -2.37. The molecule has 10 heteroatoms. The number of pyridine rings is 1. The minimum atomic E-state index is 0.00106. The fraction of sp³-hybridized carbons (Fsp3) is 0.417. The highest BCUT2D eigenvalue weighted by molar-refractivity contribution is 7.19. The first-order valence-corrected chi connectivity index (χ1v) is 12.8. The second kappa shape index (κ2) is 8.48. The third-order valence-corrected chi connectivity index (χ3v) is 8.25. The van der Waals surface area contributed by atoms with Crippen molar-refractivity contribution in [2.24, 2.45) is 5.92 Å². The minimum absolute atomic E-state index is 0.00106. The Kier molecular flexibility index (Phi) is 5.43. The predicted molar refractivity (Wildman–Crippen MR) is 133 cm³/mol. The standard InChI is InChI=1S/C24H25ClN6O2S/c1-13-10-30(11-14(2)33-13)24(32)15-3-4-16-19(9-15)34-23-20(16)22(26-12-27-23)29-17-6-8-31-18(21(17)25)5-7-28-31/h5-8,12-15H,3-4,9-11H2,1-2H3,(H,26,27,29)/t13-,14+,15-/m0/s1. The molecule has 6 rings (SSSR count). The number of hydrogen-bond acceptors (Lipinski definition) is 7. The number of anilines is 2. The molecule has 3 atom stereocenters. The van der Waals surface area contributed by atoms with E-state index in [0.29, 0.717) is 18.1 Å². The van der Waals surface area contributed by atoms with E-state index in [1.165, 1.54) is 10.4 Å². The van der Waals surface area contributed by atoms with Crippen molar-refractivity contribution in [3.63, 3.8) is 0 Å². The molecule has 1 saturated heterocycles. The molecule has 176 valence electrons. The van der Waals surface area contributed by atoms with Crippen LogP contribution in [0.1, 0.15) is 30.7 Å². The number of hydrogen-bond donors (Lipinski definition) is 1. The minimum Gasteiger partial charge on any atom is -0.372 e. The first kappa shape index (κ1) is 21.8. The van der Waals surface area contributed by atoms with E-state index in [1.807, 2.05) is 37.1 Å². The molecule has 0 radical (unpaired) electrons. The summed E-state index contributed by atoms with van der Waals surface area (Å²) in [5.74, 6) is 0.991. The summed E-state index contributed by atoms with van der Waals surface area (Å²) in [5.41, 5.74) is 2.85. The van der Waals surface area contributed by atoms with Crippen molar-refractivity contribution >= 4 is 56.1 Å². The van der Waals surface area contributed by atoms with Gasteiger partial charge in [-0.15, -0.1) is 11.3 Å². The first-order valence-electron chi connectivity index (χ1n) is 11.6. The van der Waals surface area contributed by atoms with E-state index in [4.69, 9.17) is 16.3 Å². The Bertz CT molecular complexity index is 1390. The van der Waals surface area contributed by atoms with Crippen LogP contribution in [0, 0.1) is 5.92 Å². The molecule has 1 aliphatic carbocycles. The van der Waals surface area contributed by atoms with Crippen molar-refractivity contribution < 1.29 is 9.53 Å². The SMILES string of the molecule is C[C@@H]1CN(C(=O)[C@H]2CCc3c(sc4ncnc(Nc5ccn6nccc6c5Cl)c34)C2)C[C@H](C)O1. The zero-order chi connectivity index (χ0) is 23.4. The monoisotopic (exact) mass is 496 g/mol. The zero-order valence-electron chi connectivity index (χ0n) is 19.0. The van der Waals surface area contributed by atoms with Crippen LogP contribution in [0.25, 0.3) is 15.7 Å². The van der Waals surface area contributed by atoms with Gasteiger partial charge in [0.1, 0.15) is 17.0 Å². The van der Waals surface area contributed by atoms with Gasteiger partial charge in [-0.25, -0.2) is 14.5 Å². The maximum Gasteiger partial charge on any atom is 0.226 e. The highest BCUT2D eigenvalue weighted by atomic mass is 35.5. The number of amides is 1. The van der Waals surface area contributed by atoms with Crippen molar-refractivity contribution in [2.75, 3.05) is 18.4 Å². The van der Waals surface area contributed by atoms with E-state index >= 15 is 0 Å². The van der Waals surface area contributed by atoms with Crippen molar-refractivity contribution in [2.45, 2.75) is 45.3 Å². The van der Waals surface area contributed by atoms with Gasteiger partial charge in [0, 0.05) is 30.1 Å². The van der Waals surface area contributed by atoms with Crippen LogP contribution in [-0.4, -0.2) is 55.7 Å². The Morgan fingerprint density at radius 3 is 2.88 bits per heavy atom. The smallest absolute Gasteiger partial charge is 0.226 e. The molecule has 2 aliphatic rings. The van der Waals surface area contributed by atoms with Gasteiger partial charge < -0.3 is 15.0 Å². The number of morpholine rings is 1. The summed E-state index contributed by atoms with van der Waals surface area (Å²) in [6.45, 7) is 5.40. The van der Waals surface area contributed by atoms with Crippen molar-refractivity contribution in [3.05, 3.63) is 46.3 Å². The predicted octanol–water partition coefficient (Wildman–Crippen LogP) is 4.48. The largest absolute Gasteiger partial charge is 0.372 e. The van der Waals surface area contributed by atoms with Crippen molar-refractivity contribution in [1.82, 2.24) is 24.5 Å². The number of nitrogens with zero attached hydrogens (tertiary/aromatic N) is 5. The molecule has 4 aromatic rings. The van der Waals surface area contributed by atoms with E-state index < -0.39 is 0 Å². The molecule has 0 spiro atoms. The topological polar surface area (TPSA) is 84.7 Å². The molecule has 0 saturated carbocycles. The lowest BCUT2D eigenvalue weighted by atomic mass is 9.86. The molecule has 0 bridgehead atoms. The molecule has 1 amide bonds. The van der Waals surface area contributed by atoms with Crippen LogP contribution in [0.3, 0.4) is 0 Å². The molecule has 34 heavy (non-hydrogen) atoms. The van der Waals surface area contributed by atoms with Gasteiger partial charge in [-0.2, -0.15) is 5.10 Å². The highest BCUT2D eigenvalue weighted by Crippen LogP contribution is 2.41. The maximum atomic E-state index is 13.3. The van der Waals surface area contributed by atoms with Crippen LogP contribution < -0.4 is 5.32 Å². The average Bonchev–Trinajstić information content (AvgIpc) is 3.44. The van der Waals surface area contributed by atoms with Gasteiger partial charge in [0.2, 0.25) is 5.91 Å². The Morgan fingerprint density at radius 1 is 1.24 bits per heavy atom. The number of aryl methyl sites for hydroxylation is 1. The van der Waals surface area contributed by atoms with E-state index in [2.05, 4.69) is 20.4 Å². The van der Waals surface area contributed by atoms with E-state index in [1.54, 1.807) is 28.4 Å². The summed E-state index contributed by atoms with van der Waals surface area (Å²) in [6, 6.07) is 3.77. The Labute approximate surface area is 205 Å². The summed E-state index contributed by atoms with van der Waals surface area (Å²) in [5, 5.41) is 9.28. The van der Waals surface area contributed by atoms with Crippen LogP contribution in [0.5, 0.6) is 0 Å². The van der Waals surface area contributed by atoms with Gasteiger partial charge in [-0.1, -0.05) is 11.6 Å². The van der Waals surface area contributed by atoms with Gasteiger partial charge in [0.05, 0.1) is 40.0 Å². The quantitative estimate of drug-likeness (QED) is 0.450. The highest BCUT2D eigenvalue weighted by Gasteiger charge is 2.34. The van der Waals surface area contributed by atoms with Gasteiger partial charge in [-0.3, -0.25) is 4.79 Å². The van der Waals surface area contributed by atoms with Crippen LogP contribution in [0.2, 0.25) is 5.02 Å². The Morgan fingerprint density at radius 2 is 2.06 bits per heavy atom. The Balaban J connectivity index is 1.29. The molecule has 1 N–H and O–H groups in total. The number of aromatic nitrogens is 4. The third kappa shape index (κ3) is 3.72. The Hall–Kier alpha value is -2.75. The van der Waals surface area contributed by atoms with Crippen molar-refractivity contribution in [1.29, 1.82) is 0 Å². The fourth-order valence-corrected chi connectivity index (χ4v) is 6.75. The lowest BCUT2D eigenvalue weighted by Crippen LogP contribution is -2.50. The fourth-order valence-electron chi connectivity index (χ4n) is 5.22. The lowest BCUT2D eigenvalue weighted by molar-refractivity contribution is -0.147. The van der Waals surface area contributed by atoms with Crippen LogP contribution in [0.4, 0.5) is 11.5 Å². The van der Waals surface area contributed by atoms with Crippen LogP contribution >= 0.6 is 22.9 Å². The second-order valence-corrected chi connectivity index (χ2v) is 10.6. The van der Waals surface area contributed by atoms with E-state index in [-0.39, 0.29) is 24.0 Å². The molecule has 0 aromatic carbocycles. The zero-order valence-corrected chi connectivity index (χ0v) is 20.6. The molecule has 5 heterocycles. The number of nitrogens with one attached hydrogen (secondary N) is 1. The summed E-state index contributed by atoms with van der Waals surface area (Å²) >= 11 is 8.30. The molecular formula is C24H25ClN6O2S. The normalized spacial score (nSPS) is 22.8. The van der Waals surface area contributed by atoms with Gasteiger partial charge >= 0.3 is 0 Å². The number of fused-ring (bicyclic) bond motifs is 4. The van der Waals surface area contributed by atoms with E-state index in [9.17, 15) is 4.79 Å². The summed E-state index contributed by atoms with van der Waals surface area (Å²) in [6.07, 6.45) is 7.73. The molecule has 8 nitrogen and oxygen atoms in total. The number of thiophene rings is 1. The average molecular weight is 497 g/mol. The molecule has 4 aromatic heterocycles.